The van der Waals surface area contributed by atoms with E-state index in [1.54, 1.807) is 16.5 Å². The van der Waals surface area contributed by atoms with Gasteiger partial charge in [-0.15, -0.1) is 0 Å². The molecule has 0 atom stereocenters. The average Bonchev–Trinajstić information content (AvgIpc) is 2.78. The van der Waals surface area contributed by atoms with Gasteiger partial charge in [0.05, 0.1) is 5.69 Å². The van der Waals surface area contributed by atoms with Crippen LogP contribution in [0.3, 0.4) is 0 Å². The molecule has 0 unspecified atom stereocenters. The Kier molecular flexibility index (Phi) is 2.63. The number of hydrogen-bond acceptors (Lipinski definition) is 2. The van der Waals surface area contributed by atoms with Gasteiger partial charge in [0.25, 0.3) is 0 Å². The highest BCUT2D eigenvalue weighted by Gasteiger charge is 2.17. The highest BCUT2D eigenvalue weighted by molar-refractivity contribution is 5.99. The van der Waals surface area contributed by atoms with Gasteiger partial charge < -0.3 is 0 Å². The van der Waals surface area contributed by atoms with Crippen LogP contribution in [0.1, 0.15) is 17.4 Å². The van der Waals surface area contributed by atoms with Crippen LogP contribution in [0.5, 0.6) is 0 Å². The quantitative estimate of drug-likeness (QED) is 0.657. The molecule has 0 aliphatic carbocycles. The van der Waals surface area contributed by atoms with Crippen molar-refractivity contribution in [2.75, 3.05) is 0 Å². The molecule has 0 bridgehead atoms. The van der Waals surface area contributed by atoms with E-state index in [4.69, 9.17) is 0 Å². The van der Waals surface area contributed by atoms with Crippen molar-refractivity contribution in [3.05, 3.63) is 60.2 Å². The van der Waals surface area contributed by atoms with Crippen LogP contribution >= 0.6 is 0 Å². The van der Waals surface area contributed by atoms with Crippen molar-refractivity contribution in [2.45, 2.75) is 6.92 Å². The van der Waals surface area contributed by atoms with Crippen molar-refractivity contribution in [3.8, 4) is 11.3 Å². The van der Waals surface area contributed by atoms with Gasteiger partial charge in [0, 0.05) is 18.7 Å². The molecule has 0 aliphatic heterocycles. The predicted octanol–water partition coefficient (Wildman–Crippen LogP) is 3.34. The summed E-state index contributed by atoms with van der Waals surface area (Å²) in [4.78, 5) is 16.0. The number of rotatable bonds is 2. The van der Waals surface area contributed by atoms with Crippen molar-refractivity contribution >= 4 is 11.4 Å². The van der Waals surface area contributed by atoms with Crippen LogP contribution in [-0.2, 0) is 0 Å². The molecular weight excluding hydrogens is 243 g/mol. The third kappa shape index (κ3) is 1.91. The lowest BCUT2D eigenvalue weighted by molar-refractivity contribution is 0.101. The largest absolute Gasteiger partial charge is 0.299 e. The minimum absolute atomic E-state index is 0.136. The van der Waals surface area contributed by atoms with Crippen LogP contribution in [0, 0.1) is 5.82 Å². The molecule has 0 spiro atoms. The monoisotopic (exact) mass is 254 g/mol. The fourth-order valence-electron chi connectivity index (χ4n) is 2.15. The van der Waals surface area contributed by atoms with E-state index in [2.05, 4.69) is 4.98 Å². The Morgan fingerprint density at radius 1 is 1.21 bits per heavy atom. The smallest absolute Gasteiger partial charge is 0.180 e. The second-order valence-corrected chi connectivity index (χ2v) is 4.30. The summed E-state index contributed by atoms with van der Waals surface area (Å²) < 4.78 is 15.2. The lowest BCUT2D eigenvalue weighted by atomic mass is 10.1. The first-order valence-corrected chi connectivity index (χ1v) is 5.91. The molecule has 19 heavy (non-hydrogen) atoms. The van der Waals surface area contributed by atoms with E-state index in [0.29, 0.717) is 22.6 Å². The van der Waals surface area contributed by atoms with Gasteiger partial charge in [-0.2, -0.15) is 0 Å². The number of hydrogen-bond donors (Lipinski definition) is 0. The summed E-state index contributed by atoms with van der Waals surface area (Å²) in [7, 11) is 0. The molecule has 0 amide bonds. The second kappa shape index (κ2) is 4.31. The number of ketones is 1. The van der Waals surface area contributed by atoms with Gasteiger partial charge in [0.15, 0.2) is 5.78 Å². The Balaban J connectivity index is 2.38. The van der Waals surface area contributed by atoms with Gasteiger partial charge in [-0.1, -0.05) is 18.2 Å². The average molecular weight is 254 g/mol. The topological polar surface area (TPSA) is 34.4 Å². The van der Waals surface area contributed by atoms with Gasteiger partial charge in [-0.3, -0.25) is 9.20 Å². The van der Waals surface area contributed by atoms with Crippen molar-refractivity contribution in [2.24, 2.45) is 0 Å². The molecule has 0 saturated carbocycles. The van der Waals surface area contributed by atoms with Crippen LogP contribution in [0.2, 0.25) is 0 Å². The van der Waals surface area contributed by atoms with Crippen molar-refractivity contribution in [3.63, 3.8) is 0 Å². The van der Waals surface area contributed by atoms with Crippen LogP contribution < -0.4 is 0 Å². The molecule has 2 aromatic heterocycles. The van der Waals surface area contributed by atoms with Gasteiger partial charge in [0.2, 0.25) is 0 Å². The number of imidazole rings is 1. The minimum Gasteiger partial charge on any atom is -0.299 e. The molecule has 0 saturated heterocycles. The highest BCUT2D eigenvalue weighted by atomic mass is 19.1. The molecule has 0 fully saturated rings. The SMILES string of the molecule is CC(=O)c1nc2ccccn2c1-c1cccc(F)c1. The van der Waals surface area contributed by atoms with E-state index in [1.165, 1.54) is 19.1 Å². The first-order valence-electron chi connectivity index (χ1n) is 5.91. The molecule has 0 N–H and O–H groups in total. The Bertz CT molecular complexity index is 777. The van der Waals surface area contributed by atoms with E-state index in [1.807, 2.05) is 24.4 Å². The highest BCUT2D eigenvalue weighted by Crippen LogP contribution is 2.26. The summed E-state index contributed by atoms with van der Waals surface area (Å²) in [6, 6.07) is 11.7. The minimum atomic E-state index is -0.335. The van der Waals surface area contributed by atoms with Crippen LogP contribution in [0.4, 0.5) is 4.39 Å². The van der Waals surface area contributed by atoms with Crippen molar-refractivity contribution < 1.29 is 9.18 Å². The van der Waals surface area contributed by atoms with Gasteiger partial charge >= 0.3 is 0 Å². The van der Waals surface area contributed by atoms with E-state index >= 15 is 0 Å². The van der Waals surface area contributed by atoms with Gasteiger partial charge in [0.1, 0.15) is 17.2 Å². The van der Waals surface area contributed by atoms with E-state index < -0.39 is 0 Å². The summed E-state index contributed by atoms with van der Waals surface area (Å²) in [5, 5.41) is 0. The number of halogens is 1. The number of aromatic nitrogens is 2. The fraction of sp³-hybridized carbons (Fsp3) is 0.0667. The van der Waals surface area contributed by atoms with Crippen LogP contribution in [0.15, 0.2) is 48.7 Å². The fourth-order valence-corrected chi connectivity index (χ4v) is 2.15. The Hall–Kier alpha value is -2.49. The zero-order valence-electron chi connectivity index (χ0n) is 10.3. The zero-order chi connectivity index (χ0) is 13.4. The molecule has 3 rings (SSSR count). The third-order valence-corrected chi connectivity index (χ3v) is 2.96. The molecule has 3 aromatic rings. The first kappa shape index (κ1) is 11.6. The van der Waals surface area contributed by atoms with Gasteiger partial charge in [-0.25, -0.2) is 9.37 Å². The number of benzene rings is 1. The second-order valence-electron chi connectivity index (χ2n) is 4.30. The molecule has 0 radical (unpaired) electrons. The number of carbonyl (C=O) groups is 1. The Morgan fingerprint density at radius 2 is 2.05 bits per heavy atom. The lowest BCUT2D eigenvalue weighted by Gasteiger charge is -2.03. The molecular formula is C15H11FN2O. The summed E-state index contributed by atoms with van der Waals surface area (Å²) in [6.07, 6.45) is 1.81. The van der Waals surface area contributed by atoms with Crippen LogP contribution in [-0.4, -0.2) is 15.2 Å². The third-order valence-electron chi connectivity index (χ3n) is 2.96. The number of carbonyl (C=O) groups excluding carboxylic acids is 1. The molecule has 94 valence electrons. The standard InChI is InChI=1S/C15H11FN2O/c1-10(19)14-15(11-5-4-6-12(16)9-11)18-8-3-2-7-13(18)17-14/h2-9H,1H3. The maximum Gasteiger partial charge on any atom is 0.180 e. The number of fused-ring (bicyclic) bond motifs is 1. The zero-order valence-corrected chi connectivity index (χ0v) is 10.3. The maximum atomic E-state index is 13.4. The van der Waals surface area contributed by atoms with Crippen molar-refractivity contribution in [1.29, 1.82) is 0 Å². The Morgan fingerprint density at radius 3 is 2.79 bits per heavy atom. The van der Waals surface area contributed by atoms with E-state index in [0.717, 1.165) is 0 Å². The summed E-state index contributed by atoms with van der Waals surface area (Å²) in [5.74, 6) is -0.471. The summed E-state index contributed by atoms with van der Waals surface area (Å²) in [6.45, 7) is 1.46. The van der Waals surface area contributed by atoms with Crippen molar-refractivity contribution in [1.82, 2.24) is 9.38 Å². The van der Waals surface area contributed by atoms with Crippen LogP contribution in [0.25, 0.3) is 16.9 Å². The van der Waals surface area contributed by atoms with E-state index in [-0.39, 0.29) is 11.6 Å². The Labute approximate surface area is 109 Å². The predicted molar refractivity (Wildman–Crippen MR) is 70.6 cm³/mol. The summed E-state index contributed by atoms with van der Waals surface area (Å²) >= 11 is 0. The molecule has 0 aliphatic rings. The number of pyridine rings is 1. The van der Waals surface area contributed by atoms with E-state index in [9.17, 15) is 9.18 Å². The maximum absolute atomic E-state index is 13.4. The molecule has 2 heterocycles. The molecule has 3 nitrogen and oxygen atoms in total. The number of nitrogens with zero attached hydrogens (tertiary/aromatic N) is 2. The normalized spacial score (nSPS) is 10.8. The first-order chi connectivity index (χ1) is 9.16. The molecule has 1 aromatic carbocycles. The van der Waals surface area contributed by atoms with Gasteiger partial charge in [-0.05, 0) is 24.3 Å². The number of Topliss-reactive ketones (excluding diaryl/α,β-unsaturated/α-hetero) is 1. The molecule has 4 heteroatoms. The summed E-state index contributed by atoms with van der Waals surface area (Å²) in [5.41, 5.74) is 2.30. The lowest BCUT2D eigenvalue weighted by Crippen LogP contribution is -1.97.